The van der Waals surface area contributed by atoms with Crippen LogP contribution in [-0.2, 0) is 9.53 Å². The monoisotopic (exact) mass is 225 g/mol. The Kier molecular flexibility index (Phi) is 3.85. The van der Waals surface area contributed by atoms with Gasteiger partial charge >= 0.3 is 5.97 Å². The van der Waals surface area contributed by atoms with Crippen molar-refractivity contribution in [1.82, 2.24) is 4.90 Å². The minimum Gasteiger partial charge on any atom is -0.468 e. The molecule has 3 nitrogen and oxygen atoms in total. The van der Waals surface area contributed by atoms with E-state index in [-0.39, 0.29) is 12.0 Å². The second-order valence-corrected chi connectivity index (χ2v) is 5.45. The topological polar surface area (TPSA) is 29.5 Å². The van der Waals surface area contributed by atoms with Gasteiger partial charge in [-0.3, -0.25) is 9.69 Å². The molecule has 1 unspecified atom stereocenters. The first kappa shape index (κ1) is 11.9. The lowest BCUT2D eigenvalue weighted by Crippen LogP contribution is -2.54. The van der Waals surface area contributed by atoms with Gasteiger partial charge in [0.15, 0.2) is 0 Å². The smallest absolute Gasteiger partial charge is 0.323 e. The van der Waals surface area contributed by atoms with E-state index < -0.39 is 0 Å². The molecule has 0 aromatic carbocycles. The molecule has 2 aliphatic rings. The standard InChI is InChI=1S/C13H23NO2/c1-10-3-5-11(6-4-10)9-14-8-7-12(14)13(15)16-2/h10-12H,3-9H2,1-2H3. The third-order valence-corrected chi connectivity index (χ3v) is 4.23. The molecule has 1 saturated carbocycles. The van der Waals surface area contributed by atoms with Gasteiger partial charge in [-0.1, -0.05) is 19.8 Å². The highest BCUT2D eigenvalue weighted by atomic mass is 16.5. The summed E-state index contributed by atoms with van der Waals surface area (Å²) >= 11 is 0. The van der Waals surface area contributed by atoms with Crippen LogP contribution in [0.4, 0.5) is 0 Å². The van der Waals surface area contributed by atoms with E-state index in [0.717, 1.165) is 31.3 Å². The highest BCUT2D eigenvalue weighted by molar-refractivity contribution is 5.76. The number of likely N-dealkylation sites (tertiary alicyclic amines) is 1. The van der Waals surface area contributed by atoms with Gasteiger partial charge in [-0.2, -0.15) is 0 Å². The summed E-state index contributed by atoms with van der Waals surface area (Å²) in [4.78, 5) is 13.7. The van der Waals surface area contributed by atoms with E-state index in [4.69, 9.17) is 4.74 Å². The Hall–Kier alpha value is -0.570. The van der Waals surface area contributed by atoms with E-state index in [1.807, 2.05) is 0 Å². The third-order valence-electron chi connectivity index (χ3n) is 4.23. The average molecular weight is 225 g/mol. The van der Waals surface area contributed by atoms with E-state index in [1.165, 1.54) is 32.8 Å². The van der Waals surface area contributed by atoms with Crippen LogP contribution in [0.5, 0.6) is 0 Å². The van der Waals surface area contributed by atoms with Crippen molar-refractivity contribution in [2.75, 3.05) is 20.2 Å². The van der Waals surface area contributed by atoms with Crippen molar-refractivity contribution in [3.63, 3.8) is 0 Å². The number of esters is 1. The SMILES string of the molecule is COC(=O)C1CCN1CC1CCC(C)CC1. The summed E-state index contributed by atoms with van der Waals surface area (Å²) in [6, 6.07) is 0.0596. The van der Waals surface area contributed by atoms with Crippen molar-refractivity contribution >= 4 is 5.97 Å². The molecule has 0 spiro atoms. The van der Waals surface area contributed by atoms with Gasteiger partial charge in [-0.05, 0) is 31.1 Å². The molecule has 0 bridgehead atoms. The van der Waals surface area contributed by atoms with Gasteiger partial charge in [0.05, 0.1) is 7.11 Å². The molecule has 1 aliphatic carbocycles. The van der Waals surface area contributed by atoms with E-state index in [2.05, 4.69) is 11.8 Å². The zero-order valence-electron chi connectivity index (χ0n) is 10.4. The van der Waals surface area contributed by atoms with Crippen LogP contribution in [0.2, 0.25) is 0 Å². The van der Waals surface area contributed by atoms with Crippen molar-refractivity contribution in [2.24, 2.45) is 11.8 Å². The quantitative estimate of drug-likeness (QED) is 0.689. The van der Waals surface area contributed by atoms with Crippen LogP contribution in [0.3, 0.4) is 0 Å². The second kappa shape index (κ2) is 5.17. The van der Waals surface area contributed by atoms with Crippen molar-refractivity contribution in [3.05, 3.63) is 0 Å². The molecule has 0 radical (unpaired) electrons. The number of nitrogens with zero attached hydrogens (tertiary/aromatic N) is 1. The minimum absolute atomic E-state index is 0.0459. The first-order chi connectivity index (χ1) is 7.70. The van der Waals surface area contributed by atoms with E-state index in [1.54, 1.807) is 0 Å². The van der Waals surface area contributed by atoms with Crippen molar-refractivity contribution in [2.45, 2.75) is 45.1 Å². The van der Waals surface area contributed by atoms with Gasteiger partial charge in [0.25, 0.3) is 0 Å². The van der Waals surface area contributed by atoms with Gasteiger partial charge < -0.3 is 4.74 Å². The fraction of sp³-hybridized carbons (Fsp3) is 0.923. The van der Waals surface area contributed by atoms with Crippen molar-refractivity contribution in [1.29, 1.82) is 0 Å². The van der Waals surface area contributed by atoms with Gasteiger partial charge in [0, 0.05) is 13.1 Å². The zero-order valence-corrected chi connectivity index (χ0v) is 10.4. The lowest BCUT2D eigenvalue weighted by molar-refractivity contribution is -0.152. The van der Waals surface area contributed by atoms with E-state index >= 15 is 0 Å². The van der Waals surface area contributed by atoms with Gasteiger partial charge in [0.1, 0.15) is 6.04 Å². The fourth-order valence-corrected chi connectivity index (χ4v) is 2.91. The fourth-order valence-electron chi connectivity index (χ4n) is 2.91. The molecule has 0 aromatic rings. The number of carbonyl (C=O) groups excluding carboxylic acids is 1. The van der Waals surface area contributed by atoms with Gasteiger partial charge in [-0.25, -0.2) is 0 Å². The average Bonchev–Trinajstić information content (AvgIpc) is 2.26. The lowest BCUT2D eigenvalue weighted by Gasteiger charge is -2.41. The number of hydrogen-bond acceptors (Lipinski definition) is 3. The molecule has 3 heteroatoms. The summed E-state index contributed by atoms with van der Waals surface area (Å²) in [5.74, 6) is 1.67. The van der Waals surface area contributed by atoms with E-state index in [9.17, 15) is 4.79 Å². The molecule has 2 fully saturated rings. The van der Waals surface area contributed by atoms with Crippen LogP contribution in [0.1, 0.15) is 39.0 Å². The first-order valence-corrected chi connectivity index (χ1v) is 6.52. The molecule has 1 saturated heterocycles. The lowest BCUT2D eigenvalue weighted by atomic mass is 9.82. The Bertz CT molecular complexity index is 246. The molecule has 2 rings (SSSR count). The Morgan fingerprint density at radius 2 is 1.94 bits per heavy atom. The molecule has 1 atom stereocenters. The second-order valence-electron chi connectivity index (χ2n) is 5.45. The van der Waals surface area contributed by atoms with Crippen LogP contribution in [0, 0.1) is 11.8 Å². The van der Waals surface area contributed by atoms with Gasteiger partial charge in [0.2, 0.25) is 0 Å². The number of methoxy groups -OCH3 is 1. The molecular weight excluding hydrogens is 202 g/mol. The normalized spacial score (nSPS) is 35.5. The minimum atomic E-state index is -0.0459. The number of rotatable bonds is 3. The largest absolute Gasteiger partial charge is 0.468 e. The Morgan fingerprint density at radius 1 is 1.25 bits per heavy atom. The maximum atomic E-state index is 11.4. The molecule has 0 amide bonds. The Morgan fingerprint density at radius 3 is 2.44 bits per heavy atom. The highest BCUT2D eigenvalue weighted by Crippen LogP contribution is 2.31. The summed E-state index contributed by atoms with van der Waals surface area (Å²) in [7, 11) is 1.49. The molecular formula is C13H23NO2. The highest BCUT2D eigenvalue weighted by Gasteiger charge is 2.36. The summed E-state index contributed by atoms with van der Waals surface area (Å²) in [6.07, 6.45) is 6.38. The van der Waals surface area contributed by atoms with Crippen LogP contribution in [0.15, 0.2) is 0 Å². The third kappa shape index (κ3) is 2.57. The van der Waals surface area contributed by atoms with Crippen LogP contribution in [-0.4, -0.2) is 37.1 Å². The predicted molar refractivity (Wildman–Crippen MR) is 63.1 cm³/mol. The number of carbonyl (C=O) groups is 1. The Balaban J connectivity index is 1.75. The summed E-state index contributed by atoms with van der Waals surface area (Å²) in [5.41, 5.74) is 0. The number of hydrogen-bond donors (Lipinski definition) is 0. The maximum absolute atomic E-state index is 11.4. The van der Waals surface area contributed by atoms with Crippen molar-refractivity contribution in [3.8, 4) is 0 Å². The molecule has 1 heterocycles. The van der Waals surface area contributed by atoms with Gasteiger partial charge in [-0.15, -0.1) is 0 Å². The van der Waals surface area contributed by atoms with Crippen LogP contribution >= 0.6 is 0 Å². The maximum Gasteiger partial charge on any atom is 0.323 e. The Labute approximate surface area is 98.1 Å². The zero-order chi connectivity index (χ0) is 11.5. The molecule has 0 aromatic heterocycles. The molecule has 16 heavy (non-hydrogen) atoms. The number of ether oxygens (including phenoxy) is 1. The van der Waals surface area contributed by atoms with Crippen LogP contribution in [0.25, 0.3) is 0 Å². The summed E-state index contributed by atoms with van der Waals surface area (Å²) in [5, 5.41) is 0. The molecule has 92 valence electrons. The first-order valence-electron chi connectivity index (χ1n) is 6.52. The molecule has 0 N–H and O–H groups in total. The molecule has 1 aliphatic heterocycles. The van der Waals surface area contributed by atoms with E-state index in [0.29, 0.717) is 0 Å². The van der Waals surface area contributed by atoms with Crippen molar-refractivity contribution < 1.29 is 9.53 Å². The summed E-state index contributed by atoms with van der Waals surface area (Å²) in [6.45, 7) is 4.52. The summed E-state index contributed by atoms with van der Waals surface area (Å²) < 4.78 is 4.81. The van der Waals surface area contributed by atoms with Crippen LogP contribution < -0.4 is 0 Å². The predicted octanol–water partition coefficient (Wildman–Crippen LogP) is 2.06.